The molecule has 0 aromatic carbocycles. The molecule has 0 radical (unpaired) electrons. The van der Waals surface area contributed by atoms with E-state index in [-0.39, 0.29) is 24.4 Å². The highest BCUT2D eigenvalue weighted by molar-refractivity contribution is 6.00. The fraction of sp³-hybridized carbons (Fsp3) is 0.400. The lowest BCUT2D eigenvalue weighted by molar-refractivity contribution is -0.141. The number of hydrogen-bond acceptors (Lipinski definition) is 8. The molecule has 2 fully saturated rings. The Bertz CT molecular complexity index is 1100. The van der Waals surface area contributed by atoms with Gasteiger partial charge in [0.2, 0.25) is 0 Å². The molecule has 12 heteroatoms. The van der Waals surface area contributed by atoms with Crippen LogP contribution in [0, 0.1) is 5.92 Å². The number of pyridine rings is 1. The number of anilines is 1. The van der Waals surface area contributed by atoms with Crippen LogP contribution in [0.2, 0.25) is 0 Å². The fourth-order valence-corrected chi connectivity index (χ4v) is 4.58. The molecule has 1 aliphatic heterocycles. The first-order valence-electron chi connectivity index (χ1n) is 10.1. The van der Waals surface area contributed by atoms with Crippen molar-refractivity contribution in [2.45, 2.75) is 31.1 Å². The Balaban J connectivity index is 1.27. The van der Waals surface area contributed by atoms with Gasteiger partial charge in [-0.2, -0.15) is 23.4 Å². The summed E-state index contributed by atoms with van der Waals surface area (Å²) in [5.41, 5.74) is -0.591. The molecule has 1 aliphatic carbocycles. The van der Waals surface area contributed by atoms with E-state index in [9.17, 15) is 18.0 Å². The van der Waals surface area contributed by atoms with Crippen LogP contribution in [0.4, 0.5) is 19.0 Å². The van der Waals surface area contributed by atoms with Gasteiger partial charge in [-0.1, -0.05) is 0 Å². The average Bonchev–Trinajstić information content (AvgIpc) is 3.51. The Morgan fingerprint density at radius 1 is 1.09 bits per heavy atom. The summed E-state index contributed by atoms with van der Waals surface area (Å²) in [5.74, 6) is 0.988. The highest BCUT2D eigenvalue weighted by Gasteiger charge is 2.45. The number of aromatic nitrogens is 6. The van der Waals surface area contributed by atoms with Crippen LogP contribution in [0.1, 0.15) is 28.9 Å². The van der Waals surface area contributed by atoms with Crippen LogP contribution >= 0.6 is 0 Å². The lowest BCUT2D eigenvalue weighted by Crippen LogP contribution is -2.47. The van der Waals surface area contributed by atoms with Crippen molar-refractivity contribution in [3.8, 4) is 5.82 Å². The normalized spacial score (nSPS) is 22.9. The maximum absolute atomic E-state index is 13.1. The van der Waals surface area contributed by atoms with E-state index < -0.39 is 11.9 Å². The summed E-state index contributed by atoms with van der Waals surface area (Å²) in [6, 6.07) is 3.46. The van der Waals surface area contributed by atoms with E-state index in [2.05, 4.69) is 35.4 Å². The molecule has 1 saturated carbocycles. The molecule has 3 aromatic heterocycles. The van der Waals surface area contributed by atoms with Gasteiger partial charge in [0.05, 0.1) is 36.9 Å². The number of piperidine rings is 1. The van der Waals surface area contributed by atoms with E-state index in [1.165, 1.54) is 17.2 Å². The second-order valence-corrected chi connectivity index (χ2v) is 7.99. The molecule has 3 aromatic rings. The number of halogens is 3. The van der Waals surface area contributed by atoms with Gasteiger partial charge < -0.3 is 5.32 Å². The van der Waals surface area contributed by atoms with Crippen LogP contribution in [0.3, 0.4) is 0 Å². The van der Waals surface area contributed by atoms with Gasteiger partial charge in [0.15, 0.2) is 17.3 Å². The van der Waals surface area contributed by atoms with Gasteiger partial charge in [0.25, 0.3) is 0 Å². The molecule has 2 aliphatic rings. The SMILES string of the molecule is O=C(CN1CC2CC(Nc3cnc(C(F)(F)F)cn3)C1C2)c1cccnc1-n1nccn1. The third-order valence-corrected chi connectivity index (χ3v) is 5.91. The highest BCUT2D eigenvalue weighted by Crippen LogP contribution is 2.39. The minimum atomic E-state index is -4.52. The van der Waals surface area contributed by atoms with Gasteiger partial charge in [-0.05, 0) is 30.9 Å². The van der Waals surface area contributed by atoms with Crippen LogP contribution in [0.15, 0.2) is 43.1 Å². The number of carbonyl (C=O) groups excluding carboxylic acids is 1. The summed E-state index contributed by atoms with van der Waals surface area (Å²) in [5, 5.41) is 11.3. The summed E-state index contributed by atoms with van der Waals surface area (Å²) >= 11 is 0. The Morgan fingerprint density at radius 2 is 1.91 bits per heavy atom. The number of carbonyl (C=O) groups is 1. The van der Waals surface area contributed by atoms with E-state index >= 15 is 0 Å². The molecule has 0 amide bonds. The topological polar surface area (TPSA) is 102 Å². The zero-order chi connectivity index (χ0) is 22.3. The first-order chi connectivity index (χ1) is 15.4. The van der Waals surface area contributed by atoms with Crippen LogP contribution in [-0.4, -0.2) is 65.8 Å². The number of rotatable bonds is 6. The summed E-state index contributed by atoms with van der Waals surface area (Å²) in [6.45, 7) is 1.00. The quantitative estimate of drug-likeness (QED) is 0.578. The number of likely N-dealkylation sites (tertiary alicyclic amines) is 1. The summed E-state index contributed by atoms with van der Waals surface area (Å²) in [6.07, 6.45) is 3.70. The average molecular weight is 444 g/mol. The van der Waals surface area contributed by atoms with Crippen molar-refractivity contribution in [2.75, 3.05) is 18.4 Å². The molecule has 0 spiro atoms. The molecular formula is C20H19F3N8O. The lowest BCUT2D eigenvalue weighted by Gasteiger charge is -2.33. The van der Waals surface area contributed by atoms with Crippen LogP contribution in [0.25, 0.3) is 5.82 Å². The minimum Gasteiger partial charge on any atom is -0.364 e. The molecule has 4 heterocycles. The Morgan fingerprint density at radius 3 is 2.59 bits per heavy atom. The van der Waals surface area contributed by atoms with Crippen molar-refractivity contribution in [1.82, 2.24) is 34.8 Å². The summed E-state index contributed by atoms with van der Waals surface area (Å²) in [4.78, 5) is 28.1. The molecule has 3 unspecified atom stereocenters. The third-order valence-electron chi connectivity index (χ3n) is 5.91. The van der Waals surface area contributed by atoms with Crippen LogP contribution in [0.5, 0.6) is 0 Å². The molecule has 2 bridgehead atoms. The van der Waals surface area contributed by atoms with E-state index in [1.54, 1.807) is 18.3 Å². The highest BCUT2D eigenvalue weighted by atomic mass is 19.4. The number of alkyl halides is 3. The molecule has 5 rings (SSSR count). The van der Waals surface area contributed by atoms with Gasteiger partial charge >= 0.3 is 6.18 Å². The van der Waals surface area contributed by atoms with Gasteiger partial charge in [-0.3, -0.25) is 9.69 Å². The van der Waals surface area contributed by atoms with Crippen molar-refractivity contribution < 1.29 is 18.0 Å². The maximum atomic E-state index is 13.1. The molecular weight excluding hydrogens is 425 g/mol. The van der Waals surface area contributed by atoms with Gasteiger partial charge in [-0.15, -0.1) is 4.80 Å². The third kappa shape index (κ3) is 3.93. The van der Waals surface area contributed by atoms with Crippen LogP contribution < -0.4 is 5.32 Å². The van der Waals surface area contributed by atoms with E-state index in [0.29, 0.717) is 23.1 Å². The smallest absolute Gasteiger partial charge is 0.364 e. The van der Waals surface area contributed by atoms with Gasteiger partial charge in [0, 0.05) is 24.8 Å². The van der Waals surface area contributed by atoms with Crippen molar-refractivity contribution >= 4 is 11.6 Å². The monoisotopic (exact) mass is 444 g/mol. The first kappa shape index (κ1) is 20.5. The molecule has 9 nitrogen and oxygen atoms in total. The predicted molar refractivity (Wildman–Crippen MR) is 106 cm³/mol. The number of hydrogen-bond donors (Lipinski definition) is 1. The molecule has 166 valence electrons. The van der Waals surface area contributed by atoms with Crippen molar-refractivity contribution in [2.24, 2.45) is 5.92 Å². The van der Waals surface area contributed by atoms with Crippen molar-refractivity contribution in [3.63, 3.8) is 0 Å². The molecule has 32 heavy (non-hydrogen) atoms. The molecule has 3 atom stereocenters. The predicted octanol–water partition coefficient (Wildman–Crippen LogP) is 2.23. The number of Topliss-reactive ketones (excluding diaryl/α,β-unsaturated/α-hetero) is 1. The van der Waals surface area contributed by atoms with E-state index in [0.717, 1.165) is 31.8 Å². The fourth-order valence-electron chi connectivity index (χ4n) is 4.58. The zero-order valence-electron chi connectivity index (χ0n) is 16.8. The van der Waals surface area contributed by atoms with Crippen LogP contribution in [-0.2, 0) is 6.18 Å². The largest absolute Gasteiger partial charge is 0.434 e. The Kier molecular flexibility index (Phi) is 5.08. The lowest BCUT2D eigenvalue weighted by atomic mass is 10.0. The summed E-state index contributed by atoms with van der Waals surface area (Å²) < 4.78 is 38.1. The second kappa shape index (κ2) is 7.93. The summed E-state index contributed by atoms with van der Waals surface area (Å²) in [7, 11) is 0. The zero-order valence-corrected chi connectivity index (χ0v) is 16.8. The van der Waals surface area contributed by atoms with Crippen molar-refractivity contribution in [1.29, 1.82) is 0 Å². The van der Waals surface area contributed by atoms with E-state index in [1.807, 2.05) is 0 Å². The minimum absolute atomic E-state index is 0.0197. The standard InChI is InChI=1S/C20H19F3N8O/c21-20(22,23)17-8-26-18(9-25-17)29-14-6-12-7-15(14)30(10-12)11-16(32)13-2-1-3-24-19(13)31-27-4-5-28-31/h1-5,8-9,12,14-15H,6-7,10-11H2,(H,26,29). The molecule has 1 saturated heterocycles. The van der Waals surface area contributed by atoms with Gasteiger partial charge in [-0.25, -0.2) is 15.0 Å². The Hall–Kier alpha value is -3.41. The number of ketones is 1. The number of nitrogens with one attached hydrogen (secondary N) is 1. The first-order valence-corrected chi connectivity index (χ1v) is 10.1. The Labute approximate surface area is 180 Å². The number of fused-ring (bicyclic) bond motifs is 2. The van der Waals surface area contributed by atoms with Crippen molar-refractivity contribution in [3.05, 3.63) is 54.4 Å². The number of nitrogens with zero attached hydrogens (tertiary/aromatic N) is 7. The second-order valence-electron chi connectivity index (χ2n) is 7.99. The maximum Gasteiger partial charge on any atom is 0.434 e. The van der Waals surface area contributed by atoms with E-state index in [4.69, 9.17) is 0 Å². The van der Waals surface area contributed by atoms with Gasteiger partial charge in [0.1, 0.15) is 5.82 Å². The molecule has 1 N–H and O–H groups in total.